The number of benzene rings is 1. The highest BCUT2D eigenvalue weighted by Gasteiger charge is 2.46. The van der Waals surface area contributed by atoms with Crippen LogP contribution in [0.2, 0.25) is 0 Å². The van der Waals surface area contributed by atoms with Crippen LogP contribution in [-0.4, -0.2) is 27.9 Å². The van der Waals surface area contributed by atoms with Gasteiger partial charge in [-0.3, -0.25) is 9.79 Å². The summed E-state index contributed by atoms with van der Waals surface area (Å²) in [7, 11) is 0. The van der Waals surface area contributed by atoms with Crippen LogP contribution < -0.4 is 11.2 Å². The third-order valence-corrected chi connectivity index (χ3v) is 6.58. The summed E-state index contributed by atoms with van der Waals surface area (Å²) >= 11 is 0. The number of nitrogens with two attached hydrogens (primary N) is 1. The average molecular weight is 395 g/mol. The maximum Gasteiger partial charge on any atom is 0.341 e. The van der Waals surface area contributed by atoms with Crippen molar-refractivity contribution >= 4 is 23.1 Å². The molecule has 0 spiro atoms. The highest BCUT2D eigenvalue weighted by Crippen LogP contribution is 2.47. The molecule has 3 aliphatic rings. The first kappa shape index (κ1) is 18.2. The molecule has 0 radical (unpaired) electrons. The first-order valence-electron chi connectivity index (χ1n) is 10.0. The number of rotatable bonds is 4. The summed E-state index contributed by atoms with van der Waals surface area (Å²) in [6.45, 7) is 0. The molecule has 2 saturated carbocycles. The van der Waals surface area contributed by atoms with Crippen LogP contribution in [0.15, 0.2) is 40.3 Å². The third-order valence-electron chi connectivity index (χ3n) is 6.58. The summed E-state index contributed by atoms with van der Waals surface area (Å²) in [4.78, 5) is 28.9. The Morgan fingerprint density at radius 1 is 1.28 bits per heavy atom. The van der Waals surface area contributed by atoms with Crippen molar-refractivity contribution < 1.29 is 14.3 Å². The molecule has 0 bridgehead atoms. The number of fused-ring (bicyclic) bond motifs is 1. The fraction of sp³-hybridized carbons (Fsp3) is 0.409. The predicted octanol–water partition coefficient (Wildman–Crippen LogP) is 3.14. The number of hydrogen-bond acceptors (Lipinski definition) is 4. The van der Waals surface area contributed by atoms with E-state index in [1.165, 1.54) is 12.3 Å². The van der Waals surface area contributed by atoms with Crippen LogP contribution >= 0.6 is 0 Å². The van der Waals surface area contributed by atoms with E-state index in [2.05, 4.69) is 4.99 Å². The van der Waals surface area contributed by atoms with E-state index in [1.807, 2.05) is 16.7 Å². The molecular weight excluding hydrogens is 373 g/mol. The topological polar surface area (TPSA) is 97.7 Å². The van der Waals surface area contributed by atoms with Gasteiger partial charge >= 0.3 is 5.97 Å². The Hall–Kier alpha value is -2.80. The third kappa shape index (κ3) is 2.68. The SMILES string of the molecule is NC1CCCC1C1(c2cc3c(cc2F)c(=O)c(C(=O)O)cn3C2CC2)C=CC=N1. The molecule has 6 nitrogen and oxygen atoms in total. The van der Waals surface area contributed by atoms with Crippen LogP contribution in [-0.2, 0) is 5.54 Å². The van der Waals surface area contributed by atoms with E-state index in [4.69, 9.17) is 5.73 Å². The van der Waals surface area contributed by atoms with Crippen molar-refractivity contribution in [3.63, 3.8) is 0 Å². The van der Waals surface area contributed by atoms with Gasteiger partial charge in [0, 0.05) is 41.4 Å². The molecule has 1 aromatic heterocycles. The molecule has 7 heteroatoms. The highest BCUT2D eigenvalue weighted by atomic mass is 19.1. The number of carboxylic acids is 1. The summed E-state index contributed by atoms with van der Waals surface area (Å²) in [5, 5.41) is 9.51. The molecule has 2 fully saturated rings. The van der Waals surface area contributed by atoms with Crippen LogP contribution in [0.4, 0.5) is 4.39 Å². The Morgan fingerprint density at radius 2 is 2.07 bits per heavy atom. The zero-order chi connectivity index (χ0) is 20.3. The monoisotopic (exact) mass is 395 g/mol. The first-order chi connectivity index (χ1) is 13.9. The molecular formula is C22H22FN3O3. The Labute approximate surface area is 166 Å². The van der Waals surface area contributed by atoms with Crippen LogP contribution in [0.25, 0.3) is 10.9 Å². The standard InChI is InChI=1S/C22H22FN3O3/c23-17-9-13-19(26(12-5-6-12)11-14(20(13)27)21(28)29)10-16(17)22(7-2-8-25-22)15-3-1-4-18(15)24/h2,7-12,15,18H,1,3-6,24H2,(H,28,29). The number of aromatic nitrogens is 1. The maximum absolute atomic E-state index is 15.4. The predicted molar refractivity (Wildman–Crippen MR) is 108 cm³/mol. The molecule has 150 valence electrons. The van der Waals surface area contributed by atoms with Gasteiger partial charge in [0.25, 0.3) is 0 Å². The second-order valence-electron chi connectivity index (χ2n) is 8.33. The summed E-state index contributed by atoms with van der Waals surface area (Å²) in [5.41, 5.74) is 5.44. The zero-order valence-corrected chi connectivity index (χ0v) is 15.8. The van der Waals surface area contributed by atoms with Crippen LogP contribution in [0.3, 0.4) is 0 Å². The molecule has 1 aromatic carbocycles. The van der Waals surface area contributed by atoms with Crippen molar-refractivity contribution in [2.24, 2.45) is 16.6 Å². The van der Waals surface area contributed by atoms with Crippen LogP contribution in [0.1, 0.15) is 54.1 Å². The molecule has 0 amide bonds. The van der Waals surface area contributed by atoms with E-state index in [0.29, 0.717) is 11.1 Å². The Morgan fingerprint density at radius 3 is 2.66 bits per heavy atom. The Balaban J connectivity index is 1.79. The van der Waals surface area contributed by atoms with E-state index in [9.17, 15) is 14.7 Å². The molecule has 5 rings (SSSR count). The van der Waals surface area contributed by atoms with E-state index in [0.717, 1.165) is 32.1 Å². The van der Waals surface area contributed by atoms with Gasteiger partial charge in [0.05, 0.1) is 5.52 Å². The highest BCUT2D eigenvalue weighted by molar-refractivity contribution is 5.93. The molecule has 3 atom stereocenters. The Kier molecular flexibility index (Phi) is 4.00. The second-order valence-corrected chi connectivity index (χ2v) is 8.33. The van der Waals surface area contributed by atoms with E-state index >= 15 is 4.39 Å². The zero-order valence-electron chi connectivity index (χ0n) is 15.8. The summed E-state index contributed by atoms with van der Waals surface area (Å²) in [6, 6.07) is 2.92. The minimum absolute atomic E-state index is 0.0242. The molecule has 29 heavy (non-hydrogen) atoms. The lowest BCUT2D eigenvalue weighted by atomic mass is 9.75. The number of hydrogen-bond donors (Lipinski definition) is 2. The molecule has 0 saturated heterocycles. The molecule has 2 heterocycles. The van der Waals surface area contributed by atoms with Crippen molar-refractivity contribution in [3.8, 4) is 0 Å². The largest absolute Gasteiger partial charge is 0.477 e. The second kappa shape index (κ2) is 6.35. The van der Waals surface area contributed by atoms with Gasteiger partial charge in [-0.1, -0.05) is 12.5 Å². The van der Waals surface area contributed by atoms with E-state index in [-0.39, 0.29) is 29.0 Å². The maximum atomic E-state index is 15.4. The minimum atomic E-state index is -1.30. The van der Waals surface area contributed by atoms with Gasteiger partial charge in [-0.2, -0.15) is 0 Å². The number of pyridine rings is 1. The number of nitrogens with zero attached hydrogens (tertiary/aromatic N) is 2. The normalized spacial score (nSPS) is 28.5. The van der Waals surface area contributed by atoms with Gasteiger partial charge in [0.1, 0.15) is 16.9 Å². The number of allylic oxidation sites excluding steroid dienone is 1. The van der Waals surface area contributed by atoms with Gasteiger partial charge in [0.15, 0.2) is 0 Å². The fourth-order valence-electron chi connectivity index (χ4n) is 5.00. The van der Waals surface area contributed by atoms with Gasteiger partial charge in [-0.05, 0) is 43.9 Å². The smallest absolute Gasteiger partial charge is 0.341 e. The number of aliphatic imine (C=N–C) groups is 1. The number of halogens is 1. The van der Waals surface area contributed by atoms with Crippen molar-refractivity contribution in [2.45, 2.75) is 49.7 Å². The lowest BCUT2D eigenvalue weighted by Crippen LogP contribution is -2.40. The molecule has 1 aliphatic heterocycles. The number of carbonyl (C=O) groups is 1. The molecule has 3 unspecified atom stereocenters. The first-order valence-corrected chi connectivity index (χ1v) is 10.0. The lowest BCUT2D eigenvalue weighted by Gasteiger charge is -2.34. The average Bonchev–Trinajstić information content (AvgIpc) is 3.24. The van der Waals surface area contributed by atoms with E-state index in [1.54, 1.807) is 12.3 Å². The van der Waals surface area contributed by atoms with Gasteiger partial charge in [-0.25, -0.2) is 9.18 Å². The summed E-state index contributed by atoms with van der Waals surface area (Å²) in [5.74, 6) is -1.88. The van der Waals surface area contributed by atoms with Crippen molar-refractivity contribution in [3.05, 3.63) is 57.6 Å². The van der Waals surface area contributed by atoms with Gasteiger partial charge < -0.3 is 15.4 Å². The van der Waals surface area contributed by atoms with Crippen LogP contribution in [0, 0.1) is 11.7 Å². The molecule has 2 aromatic rings. The quantitative estimate of drug-likeness (QED) is 0.831. The molecule has 2 aliphatic carbocycles. The Bertz CT molecular complexity index is 1130. The van der Waals surface area contributed by atoms with Gasteiger partial charge in [0.2, 0.25) is 5.43 Å². The van der Waals surface area contributed by atoms with Crippen LogP contribution in [0.5, 0.6) is 0 Å². The van der Waals surface area contributed by atoms with E-state index < -0.39 is 22.8 Å². The summed E-state index contributed by atoms with van der Waals surface area (Å²) < 4.78 is 17.2. The van der Waals surface area contributed by atoms with Crippen molar-refractivity contribution in [2.75, 3.05) is 0 Å². The number of aromatic carboxylic acids is 1. The van der Waals surface area contributed by atoms with Crippen molar-refractivity contribution in [1.29, 1.82) is 0 Å². The minimum Gasteiger partial charge on any atom is -0.477 e. The summed E-state index contributed by atoms with van der Waals surface area (Å²) in [6.07, 6.45) is 11.3. The number of carboxylic acid groups (broad SMARTS) is 1. The van der Waals surface area contributed by atoms with Crippen molar-refractivity contribution in [1.82, 2.24) is 4.57 Å². The van der Waals surface area contributed by atoms with Gasteiger partial charge in [-0.15, -0.1) is 0 Å². The molecule has 3 N–H and O–H groups in total. The lowest BCUT2D eigenvalue weighted by molar-refractivity contribution is 0.0695. The fourth-order valence-corrected chi connectivity index (χ4v) is 5.00.